The van der Waals surface area contributed by atoms with E-state index in [-0.39, 0.29) is 17.6 Å². The summed E-state index contributed by atoms with van der Waals surface area (Å²) in [5.74, 6) is -0.0965. The zero-order valence-electron chi connectivity index (χ0n) is 13.2. The molecule has 3 rings (SSSR count). The number of ketones is 1. The van der Waals surface area contributed by atoms with Gasteiger partial charge in [-0.15, -0.1) is 0 Å². The summed E-state index contributed by atoms with van der Waals surface area (Å²) in [6.07, 6.45) is 4.04. The fraction of sp³-hybridized carbons (Fsp3) is 0.333. The number of anilines is 1. The van der Waals surface area contributed by atoms with Gasteiger partial charge in [-0.1, -0.05) is 11.6 Å². The third-order valence-corrected chi connectivity index (χ3v) is 4.31. The molecule has 1 amide bonds. The summed E-state index contributed by atoms with van der Waals surface area (Å²) in [5, 5.41) is 3.29. The summed E-state index contributed by atoms with van der Waals surface area (Å²) in [5.41, 5.74) is 1.30. The van der Waals surface area contributed by atoms with E-state index in [1.807, 2.05) is 0 Å². The van der Waals surface area contributed by atoms with Crippen molar-refractivity contribution in [3.05, 3.63) is 52.8 Å². The molecule has 2 aromatic rings. The summed E-state index contributed by atoms with van der Waals surface area (Å²) >= 11 is 6.02. The van der Waals surface area contributed by atoms with Gasteiger partial charge in [-0.25, -0.2) is 0 Å². The van der Waals surface area contributed by atoms with Crippen LogP contribution in [0, 0.1) is 5.92 Å². The van der Waals surface area contributed by atoms with E-state index >= 15 is 0 Å². The summed E-state index contributed by atoms with van der Waals surface area (Å²) in [7, 11) is 0. The van der Waals surface area contributed by atoms with Gasteiger partial charge in [0.1, 0.15) is 0 Å². The number of hydrogen-bond acceptors (Lipinski definition) is 3. The van der Waals surface area contributed by atoms with Crippen LogP contribution in [0.15, 0.2) is 36.5 Å². The second-order valence-corrected chi connectivity index (χ2v) is 6.37. The first-order valence-electron chi connectivity index (χ1n) is 7.98. The van der Waals surface area contributed by atoms with Crippen molar-refractivity contribution < 1.29 is 14.3 Å². The minimum Gasteiger partial charge on any atom is -0.381 e. The zero-order chi connectivity index (χ0) is 16.9. The van der Waals surface area contributed by atoms with Crippen molar-refractivity contribution in [2.75, 3.05) is 18.5 Å². The van der Waals surface area contributed by atoms with E-state index in [0.717, 1.165) is 19.4 Å². The Morgan fingerprint density at radius 3 is 2.92 bits per heavy atom. The maximum atomic E-state index is 12.6. The predicted molar refractivity (Wildman–Crippen MR) is 92.5 cm³/mol. The van der Waals surface area contributed by atoms with Crippen LogP contribution in [0.4, 0.5) is 5.69 Å². The third-order valence-electron chi connectivity index (χ3n) is 4.07. The lowest BCUT2D eigenvalue weighted by Gasteiger charge is -2.21. The second-order valence-electron chi connectivity index (χ2n) is 5.94. The molecule has 1 aliphatic rings. The molecule has 1 aromatic carbocycles. The molecule has 1 saturated heterocycles. The Morgan fingerprint density at radius 2 is 2.21 bits per heavy atom. The molecule has 0 spiro atoms. The number of rotatable bonds is 5. The highest BCUT2D eigenvalue weighted by atomic mass is 35.5. The molecule has 5 nitrogen and oxygen atoms in total. The Morgan fingerprint density at radius 1 is 1.33 bits per heavy atom. The van der Waals surface area contributed by atoms with Gasteiger partial charge in [-0.2, -0.15) is 0 Å². The van der Waals surface area contributed by atoms with E-state index in [1.165, 1.54) is 0 Å². The molecule has 6 heteroatoms. The largest absolute Gasteiger partial charge is 0.381 e. The molecule has 1 atom stereocenters. The Bertz CT molecular complexity index is 722. The number of halogens is 1. The van der Waals surface area contributed by atoms with Gasteiger partial charge in [0, 0.05) is 36.4 Å². The number of aromatic nitrogens is 1. The first kappa shape index (κ1) is 16.7. The summed E-state index contributed by atoms with van der Waals surface area (Å²) in [4.78, 5) is 27.8. The normalized spacial score (nSPS) is 17.5. The maximum absolute atomic E-state index is 12.6. The number of carbonyl (C=O) groups is 2. The molecule has 1 aliphatic heterocycles. The van der Waals surface area contributed by atoms with Crippen LogP contribution in [-0.4, -0.2) is 29.9 Å². The molecule has 126 valence electrons. The Kier molecular flexibility index (Phi) is 5.33. The van der Waals surface area contributed by atoms with Crippen LogP contribution in [0.25, 0.3) is 0 Å². The van der Waals surface area contributed by atoms with Crippen LogP contribution >= 0.6 is 11.6 Å². The molecule has 0 aliphatic carbocycles. The Hall–Kier alpha value is -2.11. The van der Waals surface area contributed by atoms with Gasteiger partial charge in [-0.3, -0.25) is 9.59 Å². The molecular weight excluding hydrogens is 328 g/mol. The molecule has 24 heavy (non-hydrogen) atoms. The molecule has 2 N–H and O–H groups in total. The predicted octanol–water partition coefficient (Wildman–Crippen LogP) is 3.65. The van der Waals surface area contributed by atoms with Gasteiger partial charge in [0.05, 0.1) is 11.4 Å². The summed E-state index contributed by atoms with van der Waals surface area (Å²) in [6.45, 7) is 1.38. The van der Waals surface area contributed by atoms with Gasteiger partial charge >= 0.3 is 0 Å². The van der Waals surface area contributed by atoms with Gasteiger partial charge in [0.15, 0.2) is 0 Å². The monoisotopic (exact) mass is 346 g/mol. The topological polar surface area (TPSA) is 71.2 Å². The first-order chi connectivity index (χ1) is 11.6. The first-order valence-corrected chi connectivity index (χ1v) is 8.36. The standard InChI is InChI=1S/C18H19ClN2O3/c19-13-5-6-15(14(10-13)18(23)16-4-1-7-20-16)21-17(22)9-12-3-2-8-24-11-12/h1,4-7,10,12,20H,2-3,8-9,11H2,(H,21,22)/t12-/m1/s1. The summed E-state index contributed by atoms with van der Waals surface area (Å²) in [6, 6.07) is 8.33. The minimum atomic E-state index is -0.209. The van der Waals surface area contributed by atoms with Crippen molar-refractivity contribution in [3.63, 3.8) is 0 Å². The highest BCUT2D eigenvalue weighted by Gasteiger charge is 2.20. The Balaban J connectivity index is 1.75. The molecule has 1 aromatic heterocycles. The van der Waals surface area contributed by atoms with E-state index in [9.17, 15) is 9.59 Å². The fourth-order valence-corrected chi connectivity index (χ4v) is 3.03. The second kappa shape index (κ2) is 7.64. The number of hydrogen-bond donors (Lipinski definition) is 2. The molecule has 0 unspecified atom stereocenters. The van der Waals surface area contributed by atoms with E-state index < -0.39 is 0 Å². The van der Waals surface area contributed by atoms with E-state index in [2.05, 4.69) is 10.3 Å². The molecule has 2 heterocycles. The van der Waals surface area contributed by atoms with Crippen LogP contribution in [0.3, 0.4) is 0 Å². The molecule has 1 fully saturated rings. The quantitative estimate of drug-likeness (QED) is 0.812. The average Bonchev–Trinajstić information content (AvgIpc) is 3.11. The fourth-order valence-electron chi connectivity index (χ4n) is 2.86. The van der Waals surface area contributed by atoms with E-state index in [4.69, 9.17) is 16.3 Å². The van der Waals surface area contributed by atoms with Crippen molar-refractivity contribution in [1.82, 2.24) is 4.98 Å². The number of nitrogens with one attached hydrogen (secondary N) is 2. The molecular formula is C18H19ClN2O3. The SMILES string of the molecule is O=C(C[C@H]1CCCOC1)Nc1ccc(Cl)cc1C(=O)c1ccc[nH]1. The van der Waals surface area contributed by atoms with Gasteiger partial charge in [-0.05, 0) is 49.1 Å². The number of carbonyl (C=O) groups excluding carboxylic acids is 2. The number of amides is 1. The van der Waals surface area contributed by atoms with Gasteiger partial charge in [0.2, 0.25) is 11.7 Å². The van der Waals surface area contributed by atoms with Crippen LogP contribution in [-0.2, 0) is 9.53 Å². The zero-order valence-corrected chi connectivity index (χ0v) is 13.9. The average molecular weight is 347 g/mol. The highest BCUT2D eigenvalue weighted by molar-refractivity contribution is 6.31. The van der Waals surface area contributed by atoms with Crippen molar-refractivity contribution in [1.29, 1.82) is 0 Å². The minimum absolute atomic E-state index is 0.117. The van der Waals surface area contributed by atoms with Crippen LogP contribution in [0.5, 0.6) is 0 Å². The van der Waals surface area contributed by atoms with E-state index in [1.54, 1.807) is 36.5 Å². The summed E-state index contributed by atoms with van der Waals surface area (Å²) < 4.78 is 5.40. The van der Waals surface area contributed by atoms with Crippen molar-refractivity contribution in [2.24, 2.45) is 5.92 Å². The number of ether oxygens (including phenoxy) is 1. The molecule has 0 bridgehead atoms. The highest BCUT2D eigenvalue weighted by Crippen LogP contribution is 2.24. The number of H-pyrrole nitrogens is 1. The lowest BCUT2D eigenvalue weighted by molar-refractivity contribution is -0.118. The van der Waals surface area contributed by atoms with Gasteiger partial charge < -0.3 is 15.0 Å². The maximum Gasteiger partial charge on any atom is 0.224 e. The number of benzene rings is 1. The Labute approximate surface area is 145 Å². The molecule has 0 radical (unpaired) electrons. The van der Waals surface area contributed by atoms with Gasteiger partial charge in [0.25, 0.3) is 0 Å². The van der Waals surface area contributed by atoms with Crippen molar-refractivity contribution in [2.45, 2.75) is 19.3 Å². The number of aromatic amines is 1. The lowest BCUT2D eigenvalue weighted by Crippen LogP contribution is -2.24. The van der Waals surface area contributed by atoms with Crippen LogP contribution in [0.2, 0.25) is 5.02 Å². The third kappa shape index (κ3) is 4.04. The van der Waals surface area contributed by atoms with Crippen molar-refractivity contribution in [3.8, 4) is 0 Å². The lowest BCUT2D eigenvalue weighted by atomic mass is 9.98. The smallest absolute Gasteiger partial charge is 0.224 e. The van der Waals surface area contributed by atoms with Crippen LogP contribution < -0.4 is 5.32 Å². The van der Waals surface area contributed by atoms with E-state index in [0.29, 0.717) is 35.0 Å². The van der Waals surface area contributed by atoms with Crippen molar-refractivity contribution >= 4 is 29.0 Å². The molecule has 0 saturated carbocycles. The van der Waals surface area contributed by atoms with Crippen LogP contribution in [0.1, 0.15) is 35.3 Å².